The summed E-state index contributed by atoms with van der Waals surface area (Å²) < 4.78 is 16.7. The molecule has 0 saturated heterocycles. The van der Waals surface area contributed by atoms with Crippen LogP contribution in [0.3, 0.4) is 0 Å². The molecule has 0 amide bonds. The predicted octanol–water partition coefficient (Wildman–Crippen LogP) is 14.9. The van der Waals surface area contributed by atoms with Gasteiger partial charge in [-0.3, -0.25) is 19.2 Å². The summed E-state index contributed by atoms with van der Waals surface area (Å²) in [5.41, 5.74) is 0. The fourth-order valence-electron chi connectivity index (χ4n) is 7.69. The van der Waals surface area contributed by atoms with Crippen LogP contribution in [0.2, 0.25) is 0 Å². The molecule has 0 heterocycles. The second kappa shape index (κ2) is 42.0. The van der Waals surface area contributed by atoms with Crippen LogP contribution in [-0.4, -0.2) is 41.4 Å². The molecule has 0 fully saturated rings. The average molecular weight is 809 g/mol. The Kier molecular flexibility index (Phi) is 40.5. The first-order chi connectivity index (χ1) is 27.7. The van der Waals surface area contributed by atoms with Crippen LogP contribution in [0.25, 0.3) is 0 Å². The Morgan fingerprint density at radius 3 is 1.04 bits per heavy atom. The average Bonchev–Trinajstić information content (AvgIpc) is 3.17. The van der Waals surface area contributed by atoms with E-state index in [1.165, 1.54) is 154 Å². The Morgan fingerprint density at radius 2 is 0.684 bits per heavy atom. The van der Waals surface area contributed by atoms with Crippen LogP contribution >= 0.6 is 0 Å². The highest BCUT2D eigenvalue weighted by atomic mass is 16.7. The first-order valence-electron chi connectivity index (χ1n) is 24.5. The van der Waals surface area contributed by atoms with Gasteiger partial charge in [-0.1, -0.05) is 213 Å². The maximum absolute atomic E-state index is 13.3. The molecule has 336 valence electrons. The number of esters is 3. The number of carbonyl (C=O) groups excluding carboxylic acids is 3. The third-order valence-corrected chi connectivity index (χ3v) is 11.4. The van der Waals surface area contributed by atoms with Crippen molar-refractivity contribution in [2.45, 2.75) is 284 Å². The van der Waals surface area contributed by atoms with Crippen molar-refractivity contribution < 1.29 is 38.5 Å². The molecule has 3 atom stereocenters. The van der Waals surface area contributed by atoms with Crippen LogP contribution in [0.4, 0.5) is 0 Å². The SMILES string of the molecule is CCCCCCCCCCCCCCCCCC(=O)OC(C)OC(=O)C(CCCCCCC(=O)O)C(C)OC(=O)CCCCCCCCCCCCCCCCC. The highest BCUT2D eigenvalue weighted by molar-refractivity contribution is 5.75. The summed E-state index contributed by atoms with van der Waals surface area (Å²) in [5.74, 6) is -2.72. The lowest BCUT2D eigenvalue weighted by atomic mass is 9.95. The van der Waals surface area contributed by atoms with Gasteiger partial charge in [0.05, 0.1) is 5.92 Å². The number of unbranched alkanes of at least 4 members (excludes halogenated alkanes) is 31. The lowest BCUT2D eigenvalue weighted by Gasteiger charge is -2.24. The molecular formula is C49H92O8. The molecule has 8 heteroatoms. The minimum atomic E-state index is -1.03. The molecule has 0 aliphatic rings. The van der Waals surface area contributed by atoms with Crippen LogP contribution in [0.15, 0.2) is 0 Å². The van der Waals surface area contributed by atoms with E-state index in [4.69, 9.17) is 19.3 Å². The van der Waals surface area contributed by atoms with Gasteiger partial charge in [-0.05, 0) is 32.6 Å². The molecule has 1 N–H and O–H groups in total. The van der Waals surface area contributed by atoms with Gasteiger partial charge >= 0.3 is 23.9 Å². The van der Waals surface area contributed by atoms with E-state index >= 15 is 0 Å². The number of carboxylic acid groups (broad SMARTS) is 1. The molecule has 8 nitrogen and oxygen atoms in total. The van der Waals surface area contributed by atoms with Crippen LogP contribution in [-0.2, 0) is 33.4 Å². The fourth-order valence-corrected chi connectivity index (χ4v) is 7.69. The lowest BCUT2D eigenvalue weighted by molar-refractivity contribution is -0.190. The Morgan fingerprint density at radius 1 is 0.386 bits per heavy atom. The van der Waals surface area contributed by atoms with Crippen LogP contribution in [0.5, 0.6) is 0 Å². The molecule has 0 aromatic rings. The third-order valence-electron chi connectivity index (χ3n) is 11.4. The summed E-state index contributed by atoms with van der Waals surface area (Å²) in [6.45, 7) is 7.81. The molecular weight excluding hydrogens is 717 g/mol. The smallest absolute Gasteiger partial charge is 0.315 e. The molecule has 57 heavy (non-hydrogen) atoms. The molecule has 0 bridgehead atoms. The van der Waals surface area contributed by atoms with E-state index in [-0.39, 0.29) is 18.4 Å². The van der Waals surface area contributed by atoms with Crippen LogP contribution in [0.1, 0.15) is 272 Å². The van der Waals surface area contributed by atoms with Gasteiger partial charge in [0.15, 0.2) is 0 Å². The number of ether oxygens (including phenoxy) is 3. The standard InChI is InChI=1S/C49H92O8/c1-5-7-9-11-13-15-17-19-21-23-25-27-29-31-37-41-47(52)55-43(3)45(39-35-33-34-36-40-46(50)51)49(54)57-44(4)56-48(53)42-38-32-30-28-26-24-22-20-18-16-14-12-10-8-6-2/h43-45H,5-42H2,1-4H3,(H,50,51). The molecule has 0 saturated carbocycles. The quantitative estimate of drug-likeness (QED) is 0.0367. The molecule has 0 radical (unpaired) electrons. The zero-order valence-electron chi connectivity index (χ0n) is 37.9. The minimum Gasteiger partial charge on any atom is -0.481 e. The molecule has 0 spiro atoms. The van der Waals surface area contributed by atoms with Crippen molar-refractivity contribution in [2.24, 2.45) is 5.92 Å². The zero-order chi connectivity index (χ0) is 42.0. The second-order valence-corrected chi connectivity index (χ2v) is 17.0. The maximum atomic E-state index is 13.3. The number of carbonyl (C=O) groups is 4. The van der Waals surface area contributed by atoms with Crippen molar-refractivity contribution in [3.05, 3.63) is 0 Å². The largest absolute Gasteiger partial charge is 0.481 e. The molecule has 0 aromatic carbocycles. The molecule has 0 aromatic heterocycles. The number of hydrogen-bond donors (Lipinski definition) is 1. The Balaban J connectivity index is 4.34. The van der Waals surface area contributed by atoms with Crippen LogP contribution < -0.4 is 0 Å². The fraction of sp³-hybridized carbons (Fsp3) is 0.918. The normalized spacial score (nSPS) is 12.9. The lowest BCUT2D eigenvalue weighted by Crippen LogP contribution is -2.34. The minimum absolute atomic E-state index is 0.126. The number of rotatable bonds is 44. The van der Waals surface area contributed by atoms with E-state index in [0.29, 0.717) is 32.1 Å². The van der Waals surface area contributed by atoms with E-state index in [0.717, 1.165) is 51.4 Å². The summed E-state index contributed by atoms with van der Waals surface area (Å²) in [5, 5.41) is 8.92. The van der Waals surface area contributed by atoms with E-state index < -0.39 is 30.3 Å². The highest BCUT2D eigenvalue weighted by Crippen LogP contribution is 2.22. The van der Waals surface area contributed by atoms with Crippen molar-refractivity contribution in [1.29, 1.82) is 0 Å². The topological polar surface area (TPSA) is 116 Å². The summed E-state index contributed by atoms with van der Waals surface area (Å²) >= 11 is 0. The predicted molar refractivity (Wildman–Crippen MR) is 235 cm³/mol. The number of hydrogen-bond acceptors (Lipinski definition) is 7. The molecule has 0 rings (SSSR count). The van der Waals surface area contributed by atoms with Gasteiger partial charge in [0, 0.05) is 26.2 Å². The summed E-state index contributed by atoms with van der Waals surface area (Å²) in [7, 11) is 0. The first kappa shape index (κ1) is 54.9. The Labute approximate surface area is 351 Å². The molecule has 0 aliphatic carbocycles. The monoisotopic (exact) mass is 809 g/mol. The van der Waals surface area contributed by atoms with E-state index in [9.17, 15) is 19.2 Å². The number of carboxylic acids is 1. The van der Waals surface area contributed by atoms with Crippen molar-refractivity contribution in [1.82, 2.24) is 0 Å². The van der Waals surface area contributed by atoms with Gasteiger partial charge in [0.2, 0.25) is 6.29 Å². The van der Waals surface area contributed by atoms with Gasteiger partial charge < -0.3 is 19.3 Å². The second-order valence-electron chi connectivity index (χ2n) is 17.0. The molecule has 0 aliphatic heterocycles. The zero-order valence-corrected chi connectivity index (χ0v) is 37.9. The van der Waals surface area contributed by atoms with E-state index in [1.807, 2.05) is 0 Å². The van der Waals surface area contributed by atoms with Crippen molar-refractivity contribution in [3.63, 3.8) is 0 Å². The van der Waals surface area contributed by atoms with Gasteiger partial charge in [0.1, 0.15) is 6.10 Å². The van der Waals surface area contributed by atoms with Gasteiger partial charge in [0.25, 0.3) is 0 Å². The van der Waals surface area contributed by atoms with Crippen molar-refractivity contribution >= 4 is 23.9 Å². The summed E-state index contributed by atoms with van der Waals surface area (Å²) in [4.78, 5) is 49.4. The molecule has 3 unspecified atom stereocenters. The Hall–Kier alpha value is -2.12. The summed E-state index contributed by atoms with van der Waals surface area (Å²) in [6, 6.07) is 0. The third kappa shape index (κ3) is 39.1. The van der Waals surface area contributed by atoms with E-state index in [1.54, 1.807) is 13.8 Å². The number of aliphatic carboxylic acids is 1. The van der Waals surface area contributed by atoms with Crippen molar-refractivity contribution in [2.75, 3.05) is 0 Å². The maximum Gasteiger partial charge on any atom is 0.315 e. The van der Waals surface area contributed by atoms with Gasteiger partial charge in [-0.25, -0.2) is 0 Å². The van der Waals surface area contributed by atoms with E-state index in [2.05, 4.69) is 13.8 Å². The van der Waals surface area contributed by atoms with Crippen molar-refractivity contribution in [3.8, 4) is 0 Å². The van der Waals surface area contributed by atoms with Gasteiger partial charge in [-0.2, -0.15) is 0 Å². The highest BCUT2D eigenvalue weighted by Gasteiger charge is 2.31. The summed E-state index contributed by atoms with van der Waals surface area (Å²) in [6.07, 6.45) is 40.0. The first-order valence-corrected chi connectivity index (χ1v) is 24.5. The Bertz CT molecular complexity index is 936. The van der Waals surface area contributed by atoms with Gasteiger partial charge in [-0.15, -0.1) is 0 Å². The van der Waals surface area contributed by atoms with Crippen LogP contribution in [0, 0.1) is 5.92 Å².